The minimum Gasteiger partial charge on any atom is -0.496 e. The second-order valence-electron chi connectivity index (χ2n) is 7.96. The Balaban J connectivity index is 1.29. The molecule has 1 amide bonds. The molecule has 0 spiro atoms. The van der Waals surface area contributed by atoms with Crippen molar-refractivity contribution in [2.24, 2.45) is 0 Å². The number of carbonyl (C=O) groups excluding carboxylic acids is 2. The van der Waals surface area contributed by atoms with Gasteiger partial charge in [-0.05, 0) is 53.8 Å². The van der Waals surface area contributed by atoms with Crippen molar-refractivity contribution in [3.05, 3.63) is 95.1 Å². The third-order valence-electron chi connectivity index (χ3n) is 5.86. The molecule has 1 aliphatic rings. The monoisotopic (exact) mass is 441 g/mol. The maximum absolute atomic E-state index is 12.3. The number of carbonyl (C=O) groups is 2. The molecule has 1 aliphatic carbocycles. The van der Waals surface area contributed by atoms with Gasteiger partial charge in [0.2, 0.25) is 0 Å². The average Bonchev–Trinajstić information content (AvgIpc) is 3.16. The van der Waals surface area contributed by atoms with Crippen LogP contribution in [0.4, 0.5) is 4.79 Å². The van der Waals surface area contributed by atoms with Crippen molar-refractivity contribution in [3.63, 3.8) is 0 Å². The van der Waals surface area contributed by atoms with Gasteiger partial charge in [0.05, 0.1) is 7.11 Å². The summed E-state index contributed by atoms with van der Waals surface area (Å²) in [6.07, 6.45) is 4.02. The Hall–Kier alpha value is -3.86. The molecule has 0 saturated heterocycles. The van der Waals surface area contributed by atoms with Crippen molar-refractivity contribution >= 4 is 18.0 Å². The Labute approximate surface area is 194 Å². The fourth-order valence-electron chi connectivity index (χ4n) is 4.20. The summed E-state index contributed by atoms with van der Waals surface area (Å²) in [5.41, 5.74) is 6.25. The van der Waals surface area contributed by atoms with E-state index in [9.17, 15) is 9.59 Å². The maximum atomic E-state index is 12.3. The number of alkyl carbamates (subject to hydrolysis) is 1. The fraction of sp³-hybridized carbons (Fsp3) is 0.214. The molecule has 0 aromatic heterocycles. The van der Waals surface area contributed by atoms with Gasteiger partial charge in [0.25, 0.3) is 0 Å². The fourth-order valence-corrected chi connectivity index (χ4v) is 4.20. The van der Waals surface area contributed by atoms with Crippen molar-refractivity contribution in [2.75, 3.05) is 20.3 Å². The first-order valence-corrected chi connectivity index (χ1v) is 11.0. The SMILES string of the molecule is COc1ccc(C(C)=O)cc1C=CCCNC(=O)OCC1c2ccccc2-c2ccccc21. The molecule has 33 heavy (non-hydrogen) atoms. The summed E-state index contributed by atoms with van der Waals surface area (Å²) in [5.74, 6) is 0.744. The van der Waals surface area contributed by atoms with Crippen molar-refractivity contribution in [3.8, 4) is 16.9 Å². The third-order valence-corrected chi connectivity index (χ3v) is 5.86. The van der Waals surface area contributed by atoms with Gasteiger partial charge in [-0.1, -0.05) is 60.7 Å². The molecular formula is C28H27NO4. The number of hydrogen-bond acceptors (Lipinski definition) is 4. The minimum atomic E-state index is -0.429. The van der Waals surface area contributed by atoms with Crippen LogP contribution in [-0.4, -0.2) is 32.1 Å². The van der Waals surface area contributed by atoms with E-state index in [1.54, 1.807) is 25.3 Å². The average molecular weight is 442 g/mol. The van der Waals surface area contributed by atoms with Crippen LogP contribution in [0, 0.1) is 0 Å². The Kier molecular flexibility index (Phi) is 6.89. The molecule has 1 N–H and O–H groups in total. The highest BCUT2D eigenvalue weighted by molar-refractivity contribution is 5.95. The van der Waals surface area contributed by atoms with Crippen LogP contribution < -0.4 is 10.1 Å². The van der Waals surface area contributed by atoms with Crippen molar-refractivity contribution in [2.45, 2.75) is 19.3 Å². The topological polar surface area (TPSA) is 64.6 Å². The predicted molar refractivity (Wildman–Crippen MR) is 130 cm³/mol. The Morgan fingerprint density at radius 3 is 2.27 bits per heavy atom. The molecule has 3 aromatic carbocycles. The van der Waals surface area contributed by atoms with Crippen LogP contribution >= 0.6 is 0 Å². The van der Waals surface area contributed by atoms with E-state index in [4.69, 9.17) is 9.47 Å². The number of amides is 1. The Morgan fingerprint density at radius 2 is 1.64 bits per heavy atom. The summed E-state index contributed by atoms with van der Waals surface area (Å²) in [4.78, 5) is 23.9. The lowest BCUT2D eigenvalue weighted by Gasteiger charge is -2.14. The number of rotatable bonds is 8. The molecule has 0 aliphatic heterocycles. The number of fused-ring (bicyclic) bond motifs is 3. The second-order valence-corrected chi connectivity index (χ2v) is 7.96. The molecule has 0 radical (unpaired) electrons. The highest BCUT2D eigenvalue weighted by Crippen LogP contribution is 2.44. The maximum Gasteiger partial charge on any atom is 0.407 e. The molecule has 0 atom stereocenters. The van der Waals surface area contributed by atoms with E-state index in [1.807, 2.05) is 36.4 Å². The van der Waals surface area contributed by atoms with Crippen LogP contribution in [0.25, 0.3) is 17.2 Å². The van der Waals surface area contributed by atoms with E-state index in [0.717, 1.165) is 5.56 Å². The van der Waals surface area contributed by atoms with E-state index in [1.165, 1.54) is 29.2 Å². The van der Waals surface area contributed by atoms with Crippen LogP contribution in [-0.2, 0) is 4.74 Å². The van der Waals surface area contributed by atoms with Crippen LogP contribution in [0.5, 0.6) is 5.75 Å². The number of methoxy groups -OCH3 is 1. The van der Waals surface area contributed by atoms with Gasteiger partial charge in [0.15, 0.2) is 5.78 Å². The number of ether oxygens (including phenoxy) is 2. The molecular weight excluding hydrogens is 414 g/mol. The summed E-state index contributed by atoms with van der Waals surface area (Å²) in [5, 5.41) is 2.80. The zero-order valence-electron chi connectivity index (χ0n) is 18.8. The first-order chi connectivity index (χ1) is 16.1. The van der Waals surface area contributed by atoms with Crippen molar-refractivity contribution < 1.29 is 19.1 Å². The van der Waals surface area contributed by atoms with E-state index >= 15 is 0 Å². The van der Waals surface area contributed by atoms with Crippen molar-refractivity contribution in [1.82, 2.24) is 5.32 Å². The molecule has 4 rings (SSSR count). The lowest BCUT2D eigenvalue weighted by Crippen LogP contribution is -2.26. The lowest BCUT2D eigenvalue weighted by atomic mass is 9.98. The van der Waals surface area contributed by atoms with Crippen LogP contribution in [0.3, 0.4) is 0 Å². The smallest absolute Gasteiger partial charge is 0.407 e. The minimum absolute atomic E-state index is 0.00391. The normalized spacial score (nSPS) is 12.3. The first-order valence-electron chi connectivity index (χ1n) is 11.0. The Morgan fingerprint density at radius 1 is 0.970 bits per heavy atom. The zero-order chi connectivity index (χ0) is 23.2. The molecule has 5 nitrogen and oxygen atoms in total. The number of hydrogen-bond donors (Lipinski definition) is 1. The summed E-state index contributed by atoms with van der Waals surface area (Å²) in [7, 11) is 1.60. The molecule has 0 saturated carbocycles. The lowest BCUT2D eigenvalue weighted by molar-refractivity contribution is 0.101. The third kappa shape index (κ3) is 4.98. The summed E-state index contributed by atoms with van der Waals surface area (Å²) in [6.45, 7) is 2.28. The van der Waals surface area contributed by atoms with Gasteiger partial charge < -0.3 is 14.8 Å². The summed E-state index contributed by atoms with van der Waals surface area (Å²) < 4.78 is 10.9. The van der Waals surface area contributed by atoms with E-state index in [-0.39, 0.29) is 11.7 Å². The number of ketones is 1. The summed E-state index contributed by atoms with van der Waals surface area (Å²) in [6, 6.07) is 21.9. The van der Waals surface area contributed by atoms with Crippen LogP contribution in [0.2, 0.25) is 0 Å². The molecule has 168 valence electrons. The predicted octanol–water partition coefficient (Wildman–Crippen LogP) is 5.84. The first kappa shape index (κ1) is 22.3. The van der Waals surface area contributed by atoms with E-state index < -0.39 is 6.09 Å². The zero-order valence-corrected chi connectivity index (χ0v) is 18.8. The standard InChI is InChI=1S/C28H27NO4/c1-19(30)20-14-15-27(32-2)21(17-20)9-7-8-16-29-28(31)33-18-26-24-12-5-3-10-22(24)23-11-4-6-13-25(23)26/h3-7,9-15,17,26H,8,16,18H2,1-2H3,(H,29,31). The molecule has 0 unspecified atom stereocenters. The van der Waals surface area contributed by atoms with Gasteiger partial charge in [-0.2, -0.15) is 0 Å². The van der Waals surface area contributed by atoms with Gasteiger partial charge in [-0.3, -0.25) is 4.79 Å². The van der Waals surface area contributed by atoms with Gasteiger partial charge in [0.1, 0.15) is 12.4 Å². The van der Waals surface area contributed by atoms with Crippen LogP contribution in [0.15, 0.2) is 72.8 Å². The van der Waals surface area contributed by atoms with E-state index in [2.05, 4.69) is 29.6 Å². The van der Waals surface area contributed by atoms with Gasteiger partial charge in [-0.25, -0.2) is 4.79 Å². The molecule has 0 fully saturated rings. The number of benzene rings is 3. The molecule has 0 heterocycles. The van der Waals surface area contributed by atoms with Gasteiger partial charge >= 0.3 is 6.09 Å². The Bertz CT molecular complexity index is 1150. The molecule has 5 heteroatoms. The number of Topliss-reactive ketones (excluding diaryl/α,β-unsaturated/α-hetero) is 1. The molecule has 3 aromatic rings. The number of nitrogens with one attached hydrogen (secondary N) is 1. The summed E-state index contributed by atoms with van der Waals surface area (Å²) >= 11 is 0. The molecule has 0 bridgehead atoms. The van der Waals surface area contributed by atoms with Crippen molar-refractivity contribution in [1.29, 1.82) is 0 Å². The van der Waals surface area contributed by atoms with E-state index in [0.29, 0.717) is 30.9 Å². The largest absolute Gasteiger partial charge is 0.496 e. The van der Waals surface area contributed by atoms with Crippen LogP contribution in [0.1, 0.15) is 46.3 Å². The van der Waals surface area contributed by atoms with Gasteiger partial charge in [0, 0.05) is 23.6 Å². The highest BCUT2D eigenvalue weighted by atomic mass is 16.5. The quantitative estimate of drug-likeness (QED) is 0.352. The second kappa shape index (κ2) is 10.2. The highest BCUT2D eigenvalue weighted by Gasteiger charge is 2.28. The van der Waals surface area contributed by atoms with Gasteiger partial charge in [-0.15, -0.1) is 0 Å².